The molecule has 8 nitrogen and oxygen atoms in total. The zero-order valence-electron chi connectivity index (χ0n) is 16.9. The van der Waals surface area contributed by atoms with Crippen LogP contribution in [0.25, 0.3) is 11.1 Å². The van der Waals surface area contributed by atoms with Gasteiger partial charge in [0.2, 0.25) is 5.91 Å². The lowest BCUT2D eigenvalue weighted by Gasteiger charge is -2.25. The molecule has 2 aromatic rings. The molecule has 154 valence electrons. The molecule has 0 aliphatic rings. The number of aliphatic hydroxyl groups is 1. The number of carbonyl (C=O) groups excluding carboxylic acids is 3. The minimum Gasteiger partial charge on any atom is -0.388 e. The number of aliphatic hydroxyl groups excluding tert-OH is 1. The van der Waals surface area contributed by atoms with Gasteiger partial charge in [0.05, 0.1) is 0 Å². The Morgan fingerprint density at radius 2 is 1.66 bits per heavy atom. The standard InChI is InChI=1S/C21H26N4O4/c1-22-15-8-5-13(6-9-15)16-10-7-14(11-17(16)23-2)21(29)25(4)19(18(27)12-26)20(28)24-3/h5-11,19,22-23,26H,12H2,1-4H3,(H,24,28). The van der Waals surface area contributed by atoms with Crippen molar-refractivity contribution in [2.75, 3.05) is 45.4 Å². The summed E-state index contributed by atoms with van der Waals surface area (Å²) < 4.78 is 0. The van der Waals surface area contributed by atoms with Crippen molar-refractivity contribution in [3.05, 3.63) is 48.0 Å². The molecule has 8 heteroatoms. The number of amides is 2. The van der Waals surface area contributed by atoms with E-state index in [2.05, 4.69) is 16.0 Å². The molecule has 0 spiro atoms. The first-order valence-electron chi connectivity index (χ1n) is 9.10. The van der Waals surface area contributed by atoms with Gasteiger partial charge >= 0.3 is 0 Å². The highest BCUT2D eigenvalue weighted by Crippen LogP contribution is 2.30. The van der Waals surface area contributed by atoms with E-state index in [9.17, 15) is 14.4 Å². The molecule has 2 aromatic carbocycles. The van der Waals surface area contributed by atoms with Crippen molar-refractivity contribution in [3.8, 4) is 11.1 Å². The molecule has 0 fully saturated rings. The van der Waals surface area contributed by atoms with Crippen LogP contribution in [0.1, 0.15) is 10.4 Å². The minimum absolute atomic E-state index is 0.312. The average molecular weight is 398 g/mol. The third-order valence-corrected chi connectivity index (χ3v) is 4.68. The van der Waals surface area contributed by atoms with Gasteiger partial charge in [-0.25, -0.2) is 0 Å². The summed E-state index contributed by atoms with van der Waals surface area (Å²) in [6.45, 7) is -0.834. The third-order valence-electron chi connectivity index (χ3n) is 4.68. The Kier molecular flexibility index (Phi) is 7.33. The van der Waals surface area contributed by atoms with E-state index in [4.69, 9.17) is 5.11 Å². The van der Waals surface area contributed by atoms with Gasteiger partial charge in [0, 0.05) is 50.7 Å². The first kappa shape index (κ1) is 21.9. The smallest absolute Gasteiger partial charge is 0.254 e. The van der Waals surface area contributed by atoms with Gasteiger partial charge in [0.15, 0.2) is 11.8 Å². The quantitative estimate of drug-likeness (QED) is 0.497. The van der Waals surface area contributed by atoms with Gasteiger partial charge in [-0.1, -0.05) is 18.2 Å². The second-order valence-electron chi connectivity index (χ2n) is 6.39. The van der Waals surface area contributed by atoms with Crippen molar-refractivity contribution in [2.24, 2.45) is 0 Å². The molecule has 0 aromatic heterocycles. The van der Waals surface area contributed by atoms with Crippen molar-refractivity contribution < 1.29 is 19.5 Å². The molecule has 0 heterocycles. The predicted octanol–water partition coefficient (Wildman–Crippen LogP) is 1.18. The molecule has 2 rings (SSSR count). The third kappa shape index (κ3) is 4.72. The molecule has 4 N–H and O–H groups in total. The van der Waals surface area contributed by atoms with E-state index in [1.54, 1.807) is 19.2 Å². The van der Waals surface area contributed by atoms with Crippen LogP contribution in [-0.2, 0) is 9.59 Å². The lowest BCUT2D eigenvalue weighted by atomic mass is 10.00. The first-order valence-corrected chi connectivity index (χ1v) is 9.10. The molecule has 2 amide bonds. The summed E-state index contributed by atoms with van der Waals surface area (Å²) in [5.41, 5.74) is 3.91. The predicted molar refractivity (Wildman–Crippen MR) is 113 cm³/mol. The average Bonchev–Trinajstić information content (AvgIpc) is 2.77. The van der Waals surface area contributed by atoms with Crippen molar-refractivity contribution in [1.82, 2.24) is 10.2 Å². The molecule has 0 aliphatic carbocycles. The summed E-state index contributed by atoms with van der Waals surface area (Å²) in [7, 11) is 6.32. The lowest BCUT2D eigenvalue weighted by Crippen LogP contribution is -2.52. The lowest BCUT2D eigenvalue weighted by molar-refractivity contribution is -0.135. The molecular weight excluding hydrogens is 372 g/mol. The van der Waals surface area contributed by atoms with Crippen molar-refractivity contribution in [3.63, 3.8) is 0 Å². The Morgan fingerprint density at radius 1 is 1.00 bits per heavy atom. The zero-order chi connectivity index (χ0) is 21.6. The van der Waals surface area contributed by atoms with Crippen LogP contribution in [0.2, 0.25) is 0 Å². The van der Waals surface area contributed by atoms with Crippen LogP contribution in [0.15, 0.2) is 42.5 Å². The van der Waals surface area contributed by atoms with Gasteiger partial charge in [-0.3, -0.25) is 14.4 Å². The number of hydrogen-bond donors (Lipinski definition) is 4. The second kappa shape index (κ2) is 9.70. The fourth-order valence-corrected chi connectivity index (χ4v) is 3.03. The number of rotatable bonds is 8. The number of Topliss-reactive ketones (excluding diaryl/α,β-unsaturated/α-hetero) is 1. The van der Waals surface area contributed by atoms with Crippen LogP contribution in [0.3, 0.4) is 0 Å². The van der Waals surface area contributed by atoms with Crippen LogP contribution in [0.4, 0.5) is 11.4 Å². The summed E-state index contributed by atoms with van der Waals surface area (Å²) in [6, 6.07) is 11.6. The first-order chi connectivity index (χ1) is 13.9. The summed E-state index contributed by atoms with van der Waals surface area (Å²) >= 11 is 0. The Balaban J connectivity index is 2.37. The maximum absolute atomic E-state index is 12.9. The largest absolute Gasteiger partial charge is 0.388 e. The van der Waals surface area contributed by atoms with Crippen molar-refractivity contribution in [1.29, 1.82) is 0 Å². The molecule has 0 bridgehead atoms. The van der Waals surface area contributed by atoms with Gasteiger partial charge in [-0.15, -0.1) is 0 Å². The van der Waals surface area contributed by atoms with Gasteiger partial charge in [0.25, 0.3) is 5.91 Å². The maximum Gasteiger partial charge on any atom is 0.254 e. The topological polar surface area (TPSA) is 111 Å². The van der Waals surface area contributed by atoms with E-state index in [1.165, 1.54) is 14.1 Å². The summed E-state index contributed by atoms with van der Waals surface area (Å²) in [5.74, 6) is -1.92. The minimum atomic E-state index is -1.40. The number of nitrogens with one attached hydrogen (secondary N) is 3. The number of anilines is 2. The van der Waals surface area contributed by atoms with E-state index in [0.29, 0.717) is 5.56 Å². The Bertz CT molecular complexity index is 880. The Morgan fingerprint density at radius 3 is 2.17 bits per heavy atom. The van der Waals surface area contributed by atoms with E-state index >= 15 is 0 Å². The van der Waals surface area contributed by atoms with Crippen LogP contribution in [-0.4, -0.2) is 68.4 Å². The molecule has 0 saturated carbocycles. The van der Waals surface area contributed by atoms with E-state index < -0.39 is 30.2 Å². The van der Waals surface area contributed by atoms with Gasteiger partial charge in [-0.05, 0) is 29.8 Å². The highest BCUT2D eigenvalue weighted by molar-refractivity contribution is 6.10. The summed E-state index contributed by atoms with van der Waals surface area (Å²) in [5, 5.41) is 17.6. The van der Waals surface area contributed by atoms with E-state index in [-0.39, 0.29) is 0 Å². The SMILES string of the molecule is CNC(=O)C(C(=O)CO)N(C)C(=O)c1ccc(-c2ccc(NC)cc2)c(NC)c1. The summed E-state index contributed by atoms with van der Waals surface area (Å²) in [4.78, 5) is 38.0. The number of likely N-dealkylation sites (N-methyl/N-ethyl adjacent to an activating group) is 2. The summed E-state index contributed by atoms with van der Waals surface area (Å²) in [6.07, 6.45) is 0. The number of benzene rings is 2. The molecule has 0 radical (unpaired) electrons. The van der Waals surface area contributed by atoms with Crippen molar-refractivity contribution >= 4 is 29.0 Å². The monoisotopic (exact) mass is 398 g/mol. The molecule has 0 aliphatic heterocycles. The number of hydrogen-bond acceptors (Lipinski definition) is 6. The van der Waals surface area contributed by atoms with Crippen molar-refractivity contribution in [2.45, 2.75) is 6.04 Å². The van der Waals surface area contributed by atoms with E-state index in [0.717, 1.165) is 27.4 Å². The molecule has 29 heavy (non-hydrogen) atoms. The van der Waals surface area contributed by atoms with Crippen LogP contribution >= 0.6 is 0 Å². The number of nitrogens with zero attached hydrogens (tertiary/aromatic N) is 1. The molecule has 0 saturated heterocycles. The second-order valence-corrected chi connectivity index (χ2v) is 6.39. The van der Waals surface area contributed by atoms with E-state index in [1.807, 2.05) is 37.4 Å². The maximum atomic E-state index is 12.9. The zero-order valence-corrected chi connectivity index (χ0v) is 16.9. The fourth-order valence-electron chi connectivity index (χ4n) is 3.03. The normalized spacial score (nSPS) is 11.3. The van der Waals surface area contributed by atoms with Gasteiger partial charge < -0.3 is 26.0 Å². The molecular formula is C21H26N4O4. The Labute approximate surface area is 169 Å². The van der Waals surface area contributed by atoms with Gasteiger partial charge in [-0.2, -0.15) is 0 Å². The number of carbonyl (C=O) groups is 3. The van der Waals surface area contributed by atoms with Crippen LogP contribution < -0.4 is 16.0 Å². The molecule has 1 atom stereocenters. The highest BCUT2D eigenvalue weighted by atomic mass is 16.3. The number of ketones is 1. The highest BCUT2D eigenvalue weighted by Gasteiger charge is 2.33. The van der Waals surface area contributed by atoms with Crippen LogP contribution in [0, 0.1) is 0 Å². The van der Waals surface area contributed by atoms with Crippen LogP contribution in [0.5, 0.6) is 0 Å². The molecule has 1 unspecified atom stereocenters. The van der Waals surface area contributed by atoms with Gasteiger partial charge in [0.1, 0.15) is 6.61 Å². The Hall–Kier alpha value is -3.39. The fraction of sp³-hybridized carbons (Fsp3) is 0.286.